The predicted octanol–water partition coefficient (Wildman–Crippen LogP) is 11.6. The number of nitrogens with one attached hydrogen (secondary N) is 2. The van der Waals surface area contributed by atoms with Crippen molar-refractivity contribution in [3.8, 4) is 33.8 Å². The van der Waals surface area contributed by atoms with Crippen LogP contribution in [0.2, 0.25) is 0 Å². The molecule has 0 aliphatic carbocycles. The number of carbonyl (C=O) groups excluding carboxylic acids is 1. The summed E-state index contributed by atoms with van der Waals surface area (Å²) in [7, 11) is 1.51. The molecule has 1 unspecified atom stereocenters. The second kappa shape index (κ2) is 17.8. The Balaban J connectivity index is 0.000000216. The van der Waals surface area contributed by atoms with E-state index in [-0.39, 0.29) is 34.4 Å². The second-order valence-corrected chi connectivity index (χ2v) is 12.2. The standard InChI is InChI=1S/C23H23F3N2O2.C19H13F3N2O2/c1-4-30-15(2)22-12-8-18(14-27-22)28-17-7-11-20(21(13-17)23(24,25)26)16-5-9-19(29-3)10-6-16;20-19(21,22)18-9-13(24-14-3-4-15(11-25)23-10-14)5-8-17(18)12-1-6-16(26)7-2-12/h5-15,28H,4H2,1-3H3;1-11,24,26H. The molecule has 0 saturated carbocycles. The molecule has 0 bridgehead atoms. The van der Waals surface area contributed by atoms with Gasteiger partial charge in [-0.15, -0.1) is 0 Å². The van der Waals surface area contributed by atoms with Gasteiger partial charge in [0.1, 0.15) is 17.2 Å². The van der Waals surface area contributed by atoms with E-state index in [1.54, 1.807) is 54.7 Å². The van der Waals surface area contributed by atoms with Crippen LogP contribution in [0.25, 0.3) is 22.3 Å². The van der Waals surface area contributed by atoms with Gasteiger partial charge in [0.25, 0.3) is 0 Å². The number of methoxy groups -OCH3 is 1. The van der Waals surface area contributed by atoms with Crippen LogP contribution in [-0.2, 0) is 17.1 Å². The number of hydrogen-bond acceptors (Lipinski definition) is 8. The minimum atomic E-state index is -4.55. The van der Waals surface area contributed by atoms with Gasteiger partial charge < -0.3 is 25.2 Å². The van der Waals surface area contributed by atoms with E-state index >= 15 is 0 Å². The maximum atomic E-state index is 13.7. The van der Waals surface area contributed by atoms with Crippen molar-refractivity contribution >= 4 is 29.0 Å². The Labute approximate surface area is 318 Å². The minimum Gasteiger partial charge on any atom is -0.508 e. The van der Waals surface area contributed by atoms with Crippen LogP contribution in [0.3, 0.4) is 0 Å². The molecule has 2 heterocycles. The number of aromatic hydroxyl groups is 1. The van der Waals surface area contributed by atoms with Gasteiger partial charge in [0.05, 0.1) is 53.8 Å². The molecule has 8 nitrogen and oxygen atoms in total. The molecule has 14 heteroatoms. The number of ether oxygens (including phenoxy) is 2. The van der Waals surface area contributed by atoms with E-state index in [9.17, 15) is 36.2 Å². The first kappa shape index (κ1) is 40.8. The van der Waals surface area contributed by atoms with Gasteiger partial charge in [-0.1, -0.05) is 36.4 Å². The van der Waals surface area contributed by atoms with Crippen LogP contribution < -0.4 is 15.4 Å². The molecule has 4 aromatic carbocycles. The van der Waals surface area contributed by atoms with Gasteiger partial charge in [-0.05, 0) is 109 Å². The van der Waals surface area contributed by atoms with Gasteiger partial charge in [-0.3, -0.25) is 14.8 Å². The molecule has 0 fully saturated rings. The quantitative estimate of drug-likeness (QED) is 0.0883. The van der Waals surface area contributed by atoms with Gasteiger partial charge in [-0.25, -0.2) is 0 Å². The zero-order chi connectivity index (χ0) is 40.5. The van der Waals surface area contributed by atoms with Crippen molar-refractivity contribution in [3.05, 3.63) is 144 Å². The summed E-state index contributed by atoms with van der Waals surface area (Å²) in [5.41, 5.74) is 2.01. The Morgan fingerprint density at radius 3 is 1.57 bits per heavy atom. The van der Waals surface area contributed by atoms with Crippen molar-refractivity contribution in [1.29, 1.82) is 0 Å². The first-order valence-electron chi connectivity index (χ1n) is 17.1. The molecule has 3 N–H and O–H groups in total. The number of hydrogen-bond donors (Lipinski definition) is 3. The highest BCUT2D eigenvalue weighted by molar-refractivity contribution is 5.75. The van der Waals surface area contributed by atoms with E-state index in [2.05, 4.69) is 20.6 Å². The van der Waals surface area contributed by atoms with Crippen molar-refractivity contribution in [2.75, 3.05) is 24.4 Å². The lowest BCUT2D eigenvalue weighted by atomic mass is 9.98. The Bertz CT molecular complexity index is 2210. The van der Waals surface area contributed by atoms with E-state index < -0.39 is 23.5 Å². The molecule has 0 radical (unpaired) electrons. The first-order valence-corrected chi connectivity index (χ1v) is 17.1. The van der Waals surface area contributed by atoms with Crippen LogP contribution in [-0.4, -0.2) is 35.1 Å². The molecular weight excluding hydrogens is 738 g/mol. The molecule has 1 atom stereocenters. The number of nitrogens with zero attached hydrogens (tertiary/aromatic N) is 2. The normalized spacial score (nSPS) is 11.9. The van der Waals surface area contributed by atoms with E-state index in [0.29, 0.717) is 46.8 Å². The number of phenolic OH excluding ortho intramolecular Hbond substituents is 1. The maximum Gasteiger partial charge on any atom is 0.417 e. The Morgan fingerprint density at radius 1 is 0.679 bits per heavy atom. The van der Waals surface area contributed by atoms with Gasteiger partial charge >= 0.3 is 12.4 Å². The zero-order valence-electron chi connectivity index (χ0n) is 30.2. The number of phenols is 1. The van der Waals surface area contributed by atoms with Crippen molar-refractivity contribution in [2.24, 2.45) is 0 Å². The van der Waals surface area contributed by atoms with Gasteiger partial charge in [-0.2, -0.15) is 26.3 Å². The van der Waals surface area contributed by atoms with Crippen LogP contribution in [0.1, 0.15) is 47.3 Å². The van der Waals surface area contributed by atoms with E-state index in [1.165, 1.54) is 61.8 Å². The van der Waals surface area contributed by atoms with E-state index in [0.717, 1.165) is 17.8 Å². The van der Waals surface area contributed by atoms with Crippen molar-refractivity contribution in [2.45, 2.75) is 32.3 Å². The molecule has 0 saturated heterocycles. The minimum absolute atomic E-state index is 0.0116. The fourth-order valence-electron chi connectivity index (χ4n) is 5.57. The molecule has 0 aliphatic rings. The smallest absolute Gasteiger partial charge is 0.417 e. The fourth-order valence-corrected chi connectivity index (χ4v) is 5.57. The average molecular weight is 775 g/mol. The number of carbonyl (C=O) groups is 1. The SMILES string of the molecule is CCOC(C)c1ccc(Nc2ccc(-c3ccc(OC)cc3)c(C(F)(F)F)c2)cn1.O=Cc1ccc(Nc2ccc(-c3ccc(O)cc3)c(C(F)(F)F)c2)cn1. The first-order chi connectivity index (χ1) is 26.7. The predicted molar refractivity (Wildman–Crippen MR) is 202 cm³/mol. The number of aldehydes is 1. The van der Waals surface area contributed by atoms with Crippen molar-refractivity contribution in [3.63, 3.8) is 0 Å². The molecule has 56 heavy (non-hydrogen) atoms. The number of pyridine rings is 2. The number of anilines is 4. The third-order valence-electron chi connectivity index (χ3n) is 8.33. The van der Waals surface area contributed by atoms with E-state index in [4.69, 9.17) is 9.47 Å². The van der Waals surface area contributed by atoms with Gasteiger partial charge in [0.2, 0.25) is 0 Å². The number of aromatic nitrogens is 2. The van der Waals surface area contributed by atoms with E-state index in [1.807, 2.05) is 13.8 Å². The summed E-state index contributed by atoms with van der Waals surface area (Å²) in [5.74, 6) is 0.562. The number of halogens is 6. The molecular formula is C42H36F6N4O4. The molecule has 0 spiro atoms. The van der Waals surface area contributed by atoms with Crippen molar-refractivity contribution in [1.82, 2.24) is 9.97 Å². The van der Waals surface area contributed by atoms with Gasteiger partial charge in [0, 0.05) is 18.0 Å². The molecule has 0 aliphatic heterocycles. The molecule has 2 aromatic heterocycles. The summed E-state index contributed by atoms with van der Waals surface area (Å²) in [6.45, 7) is 4.37. The lowest BCUT2D eigenvalue weighted by molar-refractivity contribution is -0.137. The number of benzene rings is 4. The fraction of sp³-hybridized carbons (Fsp3) is 0.167. The van der Waals surface area contributed by atoms with Crippen LogP contribution >= 0.6 is 0 Å². The third kappa shape index (κ3) is 10.6. The summed E-state index contributed by atoms with van der Waals surface area (Å²) in [5, 5.41) is 15.1. The highest BCUT2D eigenvalue weighted by Gasteiger charge is 2.35. The zero-order valence-corrected chi connectivity index (χ0v) is 30.2. The Hall–Kier alpha value is -6.41. The third-order valence-corrected chi connectivity index (χ3v) is 8.33. The van der Waals surface area contributed by atoms with Crippen LogP contribution in [0, 0.1) is 0 Å². The maximum absolute atomic E-state index is 13.7. The largest absolute Gasteiger partial charge is 0.508 e. The second-order valence-electron chi connectivity index (χ2n) is 12.2. The summed E-state index contributed by atoms with van der Waals surface area (Å²) < 4.78 is 92.3. The Kier molecular flexibility index (Phi) is 13.0. The van der Waals surface area contributed by atoms with Crippen LogP contribution in [0.4, 0.5) is 49.1 Å². The Morgan fingerprint density at radius 2 is 1.16 bits per heavy atom. The molecule has 6 aromatic rings. The van der Waals surface area contributed by atoms with Crippen molar-refractivity contribution < 1.29 is 45.7 Å². The average Bonchev–Trinajstić information content (AvgIpc) is 3.18. The molecule has 0 amide bonds. The monoisotopic (exact) mass is 774 g/mol. The number of alkyl halides is 6. The highest BCUT2D eigenvalue weighted by atomic mass is 19.4. The van der Waals surface area contributed by atoms with Crippen LogP contribution in [0.5, 0.6) is 11.5 Å². The molecule has 6 rings (SSSR count). The number of rotatable bonds is 11. The van der Waals surface area contributed by atoms with Crippen LogP contribution in [0.15, 0.2) is 122 Å². The summed E-state index contributed by atoms with van der Waals surface area (Å²) in [6.07, 6.45) is -5.67. The summed E-state index contributed by atoms with van der Waals surface area (Å²) in [4.78, 5) is 18.8. The summed E-state index contributed by atoms with van der Waals surface area (Å²) in [6, 6.07) is 26.7. The lowest BCUT2D eigenvalue weighted by Gasteiger charge is -2.16. The lowest BCUT2D eigenvalue weighted by Crippen LogP contribution is -2.08. The molecule has 290 valence electrons. The topological polar surface area (TPSA) is 106 Å². The summed E-state index contributed by atoms with van der Waals surface area (Å²) >= 11 is 0. The highest BCUT2D eigenvalue weighted by Crippen LogP contribution is 2.41. The van der Waals surface area contributed by atoms with Gasteiger partial charge in [0.15, 0.2) is 6.29 Å².